The number of carbonyl (C=O) groups is 1. The second-order valence-electron chi connectivity index (χ2n) is 7.72. The number of halogens is 3. The largest absolute Gasteiger partial charge is 0.479 e. The first-order chi connectivity index (χ1) is 13.8. The summed E-state index contributed by atoms with van der Waals surface area (Å²) in [6.45, 7) is 6.42. The second kappa shape index (κ2) is 9.35. The predicted molar refractivity (Wildman–Crippen MR) is 113 cm³/mol. The molecule has 5 nitrogen and oxygen atoms in total. The van der Waals surface area contributed by atoms with Gasteiger partial charge in [-0.3, -0.25) is 4.79 Å². The Hall–Kier alpha value is -1.79. The number of fused-ring (bicyclic) bond motifs is 1. The van der Waals surface area contributed by atoms with E-state index in [2.05, 4.69) is 10.4 Å². The van der Waals surface area contributed by atoms with Crippen molar-refractivity contribution in [1.82, 2.24) is 15.1 Å². The lowest BCUT2D eigenvalue weighted by molar-refractivity contribution is -0.128. The number of hydrogen-bond donors (Lipinski definition) is 1. The number of hydrogen-bond acceptors (Lipinski definition) is 3. The molecule has 3 rings (SSSR count). The fourth-order valence-electron chi connectivity index (χ4n) is 3.34. The molecule has 8 heteroatoms. The van der Waals surface area contributed by atoms with Crippen molar-refractivity contribution in [2.75, 3.05) is 6.54 Å². The third-order valence-corrected chi connectivity index (χ3v) is 5.62. The van der Waals surface area contributed by atoms with Crippen LogP contribution in [0.2, 0.25) is 10.2 Å². The second-order valence-corrected chi connectivity index (χ2v) is 8.49. The molecular weight excluding hydrogens is 416 g/mol. The maximum atomic E-state index is 14.7. The molecule has 1 aromatic heterocycles. The molecule has 158 valence electrons. The summed E-state index contributed by atoms with van der Waals surface area (Å²) in [4.78, 5) is 12.4. The van der Waals surface area contributed by atoms with E-state index in [9.17, 15) is 9.18 Å². The molecule has 1 N–H and O–H groups in total. The van der Waals surface area contributed by atoms with Gasteiger partial charge in [0.15, 0.2) is 11.9 Å². The Morgan fingerprint density at radius 2 is 2.03 bits per heavy atom. The molecular formula is C21H26Cl2FN3O2. The van der Waals surface area contributed by atoms with Crippen molar-refractivity contribution in [2.24, 2.45) is 5.92 Å². The van der Waals surface area contributed by atoms with E-state index in [1.807, 2.05) is 20.8 Å². The minimum Gasteiger partial charge on any atom is -0.479 e. The zero-order valence-electron chi connectivity index (χ0n) is 16.9. The normalized spacial score (nSPS) is 14.6. The smallest absolute Gasteiger partial charge is 0.261 e. The monoisotopic (exact) mass is 441 g/mol. The summed E-state index contributed by atoms with van der Waals surface area (Å²) in [6, 6.07) is 2.63. The van der Waals surface area contributed by atoms with Crippen molar-refractivity contribution in [3.05, 3.63) is 39.4 Å². The molecule has 1 unspecified atom stereocenters. The van der Waals surface area contributed by atoms with Crippen LogP contribution in [0.1, 0.15) is 51.3 Å². The SMILES string of the molecule is CCC(Oc1cc(-n2nc3c(c2Cl)CCCC3)c(F)cc1Cl)C(=O)NCC(C)C. The lowest BCUT2D eigenvalue weighted by atomic mass is 9.99. The third-order valence-electron chi connectivity index (χ3n) is 4.94. The number of nitrogens with zero attached hydrogens (tertiary/aromatic N) is 2. The van der Waals surface area contributed by atoms with E-state index in [1.165, 1.54) is 16.8 Å². The summed E-state index contributed by atoms with van der Waals surface area (Å²) in [6.07, 6.45) is 3.46. The molecule has 0 spiro atoms. The van der Waals surface area contributed by atoms with E-state index < -0.39 is 11.9 Å². The van der Waals surface area contributed by atoms with Gasteiger partial charge in [-0.1, -0.05) is 44.0 Å². The standard InChI is InChI=1S/C21H26Cl2FN3O2/c1-4-18(21(28)25-11-12(2)3)29-19-10-17(15(24)9-14(19)22)27-20(23)13-7-5-6-8-16(13)26-27/h9-10,12,18H,4-8,11H2,1-3H3,(H,25,28). The van der Waals surface area contributed by atoms with Crippen molar-refractivity contribution in [3.63, 3.8) is 0 Å². The highest BCUT2D eigenvalue weighted by Crippen LogP contribution is 2.35. The van der Waals surface area contributed by atoms with Crippen LogP contribution in [0.4, 0.5) is 4.39 Å². The quantitative estimate of drug-likeness (QED) is 0.647. The number of aryl methyl sites for hydroxylation is 1. The van der Waals surface area contributed by atoms with Crippen LogP contribution in [0.25, 0.3) is 5.69 Å². The molecule has 1 aliphatic rings. The molecule has 29 heavy (non-hydrogen) atoms. The molecule has 0 saturated carbocycles. The Labute approximate surface area is 180 Å². The van der Waals surface area contributed by atoms with Crippen LogP contribution in [0.15, 0.2) is 12.1 Å². The number of nitrogens with one attached hydrogen (secondary N) is 1. The first-order valence-corrected chi connectivity index (χ1v) is 10.8. The van der Waals surface area contributed by atoms with Crippen LogP contribution in [0.5, 0.6) is 5.75 Å². The minimum atomic E-state index is -0.731. The Morgan fingerprint density at radius 1 is 1.31 bits per heavy atom. The summed E-state index contributed by atoms with van der Waals surface area (Å²) in [5.74, 6) is -0.234. The van der Waals surface area contributed by atoms with Gasteiger partial charge < -0.3 is 10.1 Å². The lowest BCUT2D eigenvalue weighted by Crippen LogP contribution is -2.39. The third kappa shape index (κ3) is 4.86. The predicted octanol–water partition coefficient (Wildman–Crippen LogP) is 5.13. The van der Waals surface area contributed by atoms with Gasteiger partial charge in [-0.2, -0.15) is 5.10 Å². The summed E-state index contributed by atoms with van der Waals surface area (Å²) in [7, 11) is 0. The lowest BCUT2D eigenvalue weighted by Gasteiger charge is -2.19. The highest BCUT2D eigenvalue weighted by Gasteiger charge is 2.24. The highest BCUT2D eigenvalue weighted by molar-refractivity contribution is 6.32. The van der Waals surface area contributed by atoms with Gasteiger partial charge in [0, 0.05) is 18.2 Å². The molecule has 0 aliphatic heterocycles. The summed E-state index contributed by atoms with van der Waals surface area (Å²) in [5.41, 5.74) is 2.02. The van der Waals surface area contributed by atoms with Crippen molar-refractivity contribution in [2.45, 2.75) is 59.0 Å². The van der Waals surface area contributed by atoms with Crippen molar-refractivity contribution in [3.8, 4) is 11.4 Å². The van der Waals surface area contributed by atoms with Crippen molar-refractivity contribution >= 4 is 29.1 Å². The van der Waals surface area contributed by atoms with Gasteiger partial charge >= 0.3 is 0 Å². The first kappa shape index (κ1) is 21.9. The molecule has 1 aromatic carbocycles. The summed E-state index contributed by atoms with van der Waals surface area (Å²) in [5, 5.41) is 7.86. The maximum Gasteiger partial charge on any atom is 0.261 e. The Morgan fingerprint density at radius 3 is 2.69 bits per heavy atom. The molecule has 0 saturated heterocycles. The van der Waals surface area contributed by atoms with Gasteiger partial charge in [-0.25, -0.2) is 9.07 Å². The number of ether oxygens (including phenoxy) is 1. The topological polar surface area (TPSA) is 56.2 Å². The average molecular weight is 442 g/mol. The average Bonchev–Trinajstić information content (AvgIpc) is 3.02. The van der Waals surface area contributed by atoms with E-state index in [-0.39, 0.29) is 22.4 Å². The fraction of sp³-hybridized carbons (Fsp3) is 0.524. The molecule has 1 heterocycles. The van der Waals surface area contributed by atoms with Gasteiger partial charge in [0.25, 0.3) is 5.91 Å². The van der Waals surface area contributed by atoms with E-state index in [1.54, 1.807) is 0 Å². The number of aromatic nitrogens is 2. The number of benzene rings is 1. The van der Waals surface area contributed by atoms with Gasteiger partial charge in [-0.15, -0.1) is 0 Å². The van der Waals surface area contributed by atoms with E-state index in [0.717, 1.165) is 36.9 Å². The minimum absolute atomic E-state index is 0.0920. The molecule has 0 fully saturated rings. The van der Waals surface area contributed by atoms with Crippen molar-refractivity contribution < 1.29 is 13.9 Å². The maximum absolute atomic E-state index is 14.7. The summed E-state index contributed by atoms with van der Waals surface area (Å²) < 4.78 is 22.0. The molecule has 0 radical (unpaired) electrons. The van der Waals surface area contributed by atoms with Gasteiger partial charge in [0.05, 0.1) is 10.7 Å². The van der Waals surface area contributed by atoms with E-state index >= 15 is 0 Å². The molecule has 1 amide bonds. The van der Waals surface area contributed by atoms with E-state index in [4.69, 9.17) is 27.9 Å². The number of amides is 1. The van der Waals surface area contributed by atoms with Gasteiger partial charge in [-0.05, 0) is 44.1 Å². The zero-order chi connectivity index (χ0) is 21.1. The molecule has 2 aromatic rings. The fourth-order valence-corrected chi connectivity index (χ4v) is 3.87. The number of carbonyl (C=O) groups excluding carboxylic acids is 1. The van der Waals surface area contributed by atoms with Crippen LogP contribution in [-0.4, -0.2) is 28.3 Å². The van der Waals surface area contributed by atoms with Crippen LogP contribution in [-0.2, 0) is 17.6 Å². The Bertz CT molecular complexity index is 899. The van der Waals surface area contributed by atoms with Crippen LogP contribution in [0, 0.1) is 11.7 Å². The molecule has 0 bridgehead atoms. The van der Waals surface area contributed by atoms with Crippen LogP contribution < -0.4 is 10.1 Å². The Kier molecular flexibility index (Phi) is 7.06. The number of rotatable bonds is 7. The molecule has 1 atom stereocenters. The van der Waals surface area contributed by atoms with Crippen molar-refractivity contribution in [1.29, 1.82) is 0 Å². The van der Waals surface area contributed by atoms with Gasteiger partial charge in [0.2, 0.25) is 0 Å². The highest BCUT2D eigenvalue weighted by atomic mass is 35.5. The van der Waals surface area contributed by atoms with Gasteiger partial charge in [0.1, 0.15) is 16.6 Å². The zero-order valence-corrected chi connectivity index (χ0v) is 18.4. The van der Waals surface area contributed by atoms with E-state index in [0.29, 0.717) is 24.0 Å². The summed E-state index contributed by atoms with van der Waals surface area (Å²) >= 11 is 12.7. The Balaban J connectivity index is 1.90. The first-order valence-electron chi connectivity index (χ1n) is 10.0. The van der Waals surface area contributed by atoms with Crippen LogP contribution in [0.3, 0.4) is 0 Å². The van der Waals surface area contributed by atoms with Crippen LogP contribution >= 0.6 is 23.2 Å². The molecule has 1 aliphatic carbocycles.